The van der Waals surface area contributed by atoms with Crippen molar-refractivity contribution in [1.29, 1.82) is 0 Å². The van der Waals surface area contributed by atoms with Gasteiger partial charge in [-0.3, -0.25) is 0 Å². The minimum Gasteiger partial charge on any atom is -0.389 e. The van der Waals surface area contributed by atoms with Crippen LogP contribution in [0.25, 0.3) is 0 Å². The van der Waals surface area contributed by atoms with Gasteiger partial charge >= 0.3 is 0 Å². The smallest absolute Gasteiger partial charge is 0.124 e. The van der Waals surface area contributed by atoms with E-state index in [1.165, 1.54) is 12.1 Å². The first kappa shape index (κ1) is 14.2. The van der Waals surface area contributed by atoms with Gasteiger partial charge in [-0.2, -0.15) is 0 Å². The van der Waals surface area contributed by atoms with Crippen LogP contribution in [0.5, 0.6) is 0 Å². The summed E-state index contributed by atoms with van der Waals surface area (Å²) in [6.45, 7) is 0. The maximum absolute atomic E-state index is 13.2. The summed E-state index contributed by atoms with van der Waals surface area (Å²) in [6, 6.07) is 9.60. The lowest BCUT2D eigenvalue weighted by atomic mass is 10.1. The summed E-state index contributed by atoms with van der Waals surface area (Å²) in [5, 5.41) is 3.62. The number of hydrogen-bond acceptors (Lipinski definition) is 2. The van der Waals surface area contributed by atoms with Crippen molar-refractivity contribution in [2.24, 2.45) is 5.73 Å². The molecule has 0 unspecified atom stereocenters. The molecule has 0 bridgehead atoms. The fourth-order valence-electron chi connectivity index (χ4n) is 1.57. The molecule has 0 aliphatic rings. The van der Waals surface area contributed by atoms with Crippen molar-refractivity contribution in [2.45, 2.75) is 0 Å². The molecule has 0 aromatic heterocycles. The number of benzene rings is 2. The highest BCUT2D eigenvalue weighted by molar-refractivity contribution is 9.10. The summed E-state index contributed by atoms with van der Waals surface area (Å²) in [5.41, 5.74) is 7.32. The van der Waals surface area contributed by atoms with Gasteiger partial charge in [-0.25, -0.2) is 4.39 Å². The van der Waals surface area contributed by atoms with E-state index >= 15 is 0 Å². The van der Waals surface area contributed by atoms with Gasteiger partial charge in [0.2, 0.25) is 0 Å². The second kappa shape index (κ2) is 5.86. The molecular weight excluding hydrogens is 351 g/mol. The minimum absolute atomic E-state index is 0.121. The summed E-state index contributed by atoms with van der Waals surface area (Å²) in [4.78, 5) is 0.121. The molecule has 2 rings (SSSR count). The van der Waals surface area contributed by atoms with Gasteiger partial charge in [0.15, 0.2) is 0 Å². The van der Waals surface area contributed by atoms with Crippen molar-refractivity contribution in [3.05, 3.63) is 57.3 Å². The van der Waals surface area contributed by atoms with E-state index in [0.717, 1.165) is 4.47 Å². The van der Waals surface area contributed by atoms with E-state index in [0.29, 0.717) is 22.0 Å². The van der Waals surface area contributed by atoms with E-state index in [1.807, 2.05) is 6.07 Å². The third-order valence-corrected chi connectivity index (χ3v) is 3.47. The highest BCUT2D eigenvalue weighted by atomic mass is 79.9. The monoisotopic (exact) mass is 358 g/mol. The van der Waals surface area contributed by atoms with Crippen molar-refractivity contribution in [2.75, 3.05) is 5.32 Å². The van der Waals surface area contributed by atoms with Crippen molar-refractivity contribution >= 4 is 56.1 Å². The van der Waals surface area contributed by atoms with Gasteiger partial charge in [-0.05, 0) is 36.4 Å². The van der Waals surface area contributed by atoms with E-state index in [-0.39, 0.29) is 4.99 Å². The first-order valence-electron chi connectivity index (χ1n) is 5.29. The van der Waals surface area contributed by atoms with Gasteiger partial charge in [0.1, 0.15) is 10.8 Å². The highest BCUT2D eigenvalue weighted by Gasteiger charge is 2.09. The fraction of sp³-hybridized carbons (Fsp3) is 0. The number of nitrogens with two attached hydrogens (primary N) is 1. The Morgan fingerprint density at radius 1 is 1.21 bits per heavy atom. The molecule has 0 aliphatic carbocycles. The third kappa shape index (κ3) is 3.43. The molecule has 98 valence electrons. The zero-order valence-electron chi connectivity index (χ0n) is 9.58. The average Bonchev–Trinajstić information content (AvgIpc) is 2.34. The fourth-order valence-corrected chi connectivity index (χ4v) is 2.45. The number of nitrogens with one attached hydrogen (secondary N) is 1. The van der Waals surface area contributed by atoms with Gasteiger partial charge in [0.25, 0.3) is 0 Å². The molecule has 6 heteroatoms. The van der Waals surface area contributed by atoms with Gasteiger partial charge in [-0.15, -0.1) is 0 Å². The molecule has 19 heavy (non-hydrogen) atoms. The summed E-state index contributed by atoms with van der Waals surface area (Å²) >= 11 is 14.3. The predicted octanol–water partition coefficient (Wildman–Crippen LogP) is 4.62. The Morgan fingerprint density at radius 3 is 2.53 bits per heavy atom. The molecule has 2 aromatic carbocycles. The average molecular weight is 360 g/mol. The van der Waals surface area contributed by atoms with E-state index < -0.39 is 5.82 Å². The zero-order chi connectivity index (χ0) is 14.0. The Bertz CT molecular complexity index is 649. The van der Waals surface area contributed by atoms with Crippen molar-refractivity contribution in [3.8, 4) is 0 Å². The molecule has 0 spiro atoms. The number of halogens is 3. The van der Waals surface area contributed by atoms with Crippen LogP contribution in [-0.2, 0) is 0 Å². The van der Waals surface area contributed by atoms with Crippen LogP contribution in [0.4, 0.5) is 15.8 Å². The number of rotatable bonds is 3. The Labute approximate surface area is 128 Å². The second-order valence-corrected chi connectivity index (χ2v) is 5.57. The van der Waals surface area contributed by atoms with E-state index in [9.17, 15) is 4.39 Å². The standard InChI is InChI=1S/C13H9BrClFN2S/c14-7-1-3-12(10(15)5-7)18-11-4-2-8(16)6-9(11)13(17)19/h1-6,18H,(H2,17,19). The number of anilines is 2. The highest BCUT2D eigenvalue weighted by Crippen LogP contribution is 2.30. The largest absolute Gasteiger partial charge is 0.389 e. The quantitative estimate of drug-likeness (QED) is 0.785. The van der Waals surface area contributed by atoms with Crippen LogP contribution >= 0.6 is 39.7 Å². The summed E-state index contributed by atoms with van der Waals surface area (Å²) in [5.74, 6) is -0.393. The lowest BCUT2D eigenvalue weighted by Crippen LogP contribution is -2.12. The molecule has 0 aliphatic heterocycles. The Hall–Kier alpha value is -1.17. The maximum atomic E-state index is 13.2. The molecule has 3 N–H and O–H groups in total. The SMILES string of the molecule is NC(=S)c1cc(F)ccc1Nc1ccc(Br)cc1Cl. The van der Waals surface area contributed by atoms with Crippen LogP contribution in [0, 0.1) is 5.82 Å². The van der Waals surface area contributed by atoms with Crippen LogP contribution in [0.3, 0.4) is 0 Å². The third-order valence-electron chi connectivity index (χ3n) is 2.45. The van der Waals surface area contributed by atoms with E-state index in [2.05, 4.69) is 21.2 Å². The van der Waals surface area contributed by atoms with Crippen LogP contribution < -0.4 is 11.1 Å². The molecule has 0 radical (unpaired) electrons. The zero-order valence-corrected chi connectivity index (χ0v) is 12.7. The molecule has 2 nitrogen and oxygen atoms in total. The Morgan fingerprint density at radius 2 is 1.89 bits per heavy atom. The normalized spacial score (nSPS) is 10.3. The van der Waals surface area contributed by atoms with Crippen LogP contribution in [-0.4, -0.2) is 4.99 Å². The topological polar surface area (TPSA) is 38.0 Å². The first-order chi connectivity index (χ1) is 8.97. The van der Waals surface area contributed by atoms with Gasteiger partial charge in [0, 0.05) is 15.7 Å². The Balaban J connectivity index is 2.40. The maximum Gasteiger partial charge on any atom is 0.124 e. The lowest BCUT2D eigenvalue weighted by Gasteiger charge is -2.12. The molecule has 0 heterocycles. The number of hydrogen-bond donors (Lipinski definition) is 2. The molecule has 0 amide bonds. The summed E-state index contributed by atoms with van der Waals surface area (Å²) in [6.07, 6.45) is 0. The summed E-state index contributed by atoms with van der Waals surface area (Å²) < 4.78 is 14.1. The minimum atomic E-state index is -0.393. The number of thiocarbonyl (C=S) groups is 1. The predicted molar refractivity (Wildman–Crippen MR) is 84.7 cm³/mol. The second-order valence-electron chi connectivity index (χ2n) is 3.80. The van der Waals surface area contributed by atoms with E-state index in [4.69, 9.17) is 29.6 Å². The van der Waals surface area contributed by atoms with Crippen LogP contribution in [0.15, 0.2) is 40.9 Å². The van der Waals surface area contributed by atoms with Crippen molar-refractivity contribution in [1.82, 2.24) is 0 Å². The van der Waals surface area contributed by atoms with Gasteiger partial charge < -0.3 is 11.1 Å². The van der Waals surface area contributed by atoms with Crippen LogP contribution in [0.2, 0.25) is 5.02 Å². The molecule has 0 atom stereocenters. The molecular formula is C13H9BrClFN2S. The molecule has 2 aromatic rings. The van der Waals surface area contributed by atoms with Gasteiger partial charge in [0.05, 0.1) is 10.7 Å². The first-order valence-corrected chi connectivity index (χ1v) is 6.87. The lowest BCUT2D eigenvalue weighted by molar-refractivity contribution is 0.628. The van der Waals surface area contributed by atoms with E-state index in [1.54, 1.807) is 18.2 Å². The van der Waals surface area contributed by atoms with Crippen molar-refractivity contribution < 1.29 is 4.39 Å². The molecule has 0 saturated heterocycles. The molecule has 0 saturated carbocycles. The van der Waals surface area contributed by atoms with Crippen LogP contribution in [0.1, 0.15) is 5.56 Å². The van der Waals surface area contributed by atoms with Crippen molar-refractivity contribution in [3.63, 3.8) is 0 Å². The Kier molecular flexibility index (Phi) is 4.39. The summed E-state index contributed by atoms with van der Waals surface area (Å²) in [7, 11) is 0. The molecule has 0 fully saturated rings. The van der Waals surface area contributed by atoms with Gasteiger partial charge in [-0.1, -0.05) is 39.7 Å².